The molecule has 1 heterocycles. The number of aliphatic hydroxyl groups is 1. The molecule has 192 valence electrons. The molecule has 2 bridgehead atoms. The van der Waals surface area contributed by atoms with Gasteiger partial charge in [0.05, 0.1) is 30.3 Å². The molecule has 1 aliphatic heterocycles. The third-order valence-electron chi connectivity index (χ3n) is 6.09. The van der Waals surface area contributed by atoms with Crippen molar-refractivity contribution in [3.63, 3.8) is 0 Å². The summed E-state index contributed by atoms with van der Waals surface area (Å²) in [6, 6.07) is 6.76. The lowest BCUT2D eigenvalue weighted by Crippen LogP contribution is -2.48. The molecule has 34 heavy (non-hydrogen) atoms. The molecule has 3 N–H and O–H groups in total. The van der Waals surface area contributed by atoms with Crippen molar-refractivity contribution in [2.24, 2.45) is 11.8 Å². The molecule has 0 unspecified atom stereocenters. The molecule has 0 aliphatic carbocycles. The number of carbonyl (C=O) groups excluding carboxylic acids is 2. The van der Waals surface area contributed by atoms with Crippen molar-refractivity contribution in [2.45, 2.75) is 71.4 Å². The second kappa shape index (κ2) is 13.7. The summed E-state index contributed by atoms with van der Waals surface area (Å²) in [7, 11) is -3.39. The monoisotopic (exact) mass is 496 g/mol. The molecule has 2 rings (SSSR count). The van der Waals surface area contributed by atoms with Crippen LogP contribution in [0.5, 0.6) is 5.75 Å². The molecule has 0 saturated carbocycles. The highest BCUT2D eigenvalue weighted by Crippen LogP contribution is 2.19. The molecule has 0 aromatic heterocycles. The normalized spacial score (nSPS) is 23.4. The summed E-state index contributed by atoms with van der Waals surface area (Å²) in [5.41, 5.74) is 0.872. The third kappa shape index (κ3) is 9.62. The van der Waals surface area contributed by atoms with Gasteiger partial charge in [-0.3, -0.25) is 9.59 Å². The number of ether oxygens (including phenoxy) is 1. The van der Waals surface area contributed by atoms with Gasteiger partial charge in [0.25, 0.3) is 0 Å². The average molecular weight is 497 g/mol. The molecule has 1 aromatic rings. The van der Waals surface area contributed by atoms with Gasteiger partial charge in [0, 0.05) is 18.4 Å². The summed E-state index contributed by atoms with van der Waals surface area (Å²) in [5.74, 6) is -1.32. The fourth-order valence-corrected chi connectivity index (χ4v) is 5.70. The van der Waals surface area contributed by atoms with E-state index in [-0.39, 0.29) is 23.8 Å². The third-order valence-corrected chi connectivity index (χ3v) is 8.01. The van der Waals surface area contributed by atoms with E-state index in [1.807, 2.05) is 31.2 Å². The minimum absolute atomic E-state index is 0.00469. The van der Waals surface area contributed by atoms with Gasteiger partial charge in [0.15, 0.2) is 9.84 Å². The first-order valence-corrected chi connectivity index (χ1v) is 14.1. The average Bonchev–Trinajstić information content (AvgIpc) is 2.77. The Morgan fingerprint density at radius 2 is 2.09 bits per heavy atom. The quantitative estimate of drug-likeness (QED) is 0.498. The number of amides is 2. The number of hydrogen-bond donors (Lipinski definition) is 3. The van der Waals surface area contributed by atoms with E-state index in [1.54, 1.807) is 13.8 Å². The predicted molar refractivity (Wildman–Crippen MR) is 132 cm³/mol. The van der Waals surface area contributed by atoms with Gasteiger partial charge in [0.2, 0.25) is 11.8 Å². The van der Waals surface area contributed by atoms with Crippen LogP contribution in [0.25, 0.3) is 0 Å². The highest BCUT2D eigenvalue weighted by atomic mass is 32.2. The Labute approximate surface area is 203 Å². The molecule has 0 saturated heterocycles. The Bertz CT molecular complexity index is 904. The number of carbonyl (C=O) groups is 2. The van der Waals surface area contributed by atoms with E-state index >= 15 is 0 Å². The van der Waals surface area contributed by atoms with Crippen LogP contribution < -0.4 is 15.4 Å². The van der Waals surface area contributed by atoms with E-state index in [0.717, 1.165) is 18.4 Å². The lowest BCUT2D eigenvalue weighted by atomic mass is 9.93. The van der Waals surface area contributed by atoms with Crippen molar-refractivity contribution in [2.75, 3.05) is 24.7 Å². The van der Waals surface area contributed by atoms with Crippen LogP contribution in [0.15, 0.2) is 24.3 Å². The summed E-state index contributed by atoms with van der Waals surface area (Å²) in [5, 5.41) is 16.7. The molecule has 8 nitrogen and oxygen atoms in total. The van der Waals surface area contributed by atoms with E-state index in [1.165, 1.54) is 0 Å². The van der Waals surface area contributed by atoms with Crippen molar-refractivity contribution >= 4 is 21.7 Å². The number of fused-ring (bicyclic) bond motifs is 2. The lowest BCUT2D eigenvalue weighted by Gasteiger charge is -2.27. The number of nitrogens with one attached hydrogen (secondary N) is 2. The van der Waals surface area contributed by atoms with E-state index in [2.05, 4.69) is 10.6 Å². The second-order valence-electron chi connectivity index (χ2n) is 9.39. The van der Waals surface area contributed by atoms with Crippen molar-refractivity contribution < 1.29 is 27.9 Å². The smallest absolute Gasteiger partial charge is 0.224 e. The summed E-state index contributed by atoms with van der Waals surface area (Å²) in [4.78, 5) is 25.3. The summed E-state index contributed by atoms with van der Waals surface area (Å²) in [6.45, 7) is 6.38. The van der Waals surface area contributed by atoms with Crippen LogP contribution in [-0.2, 0) is 25.8 Å². The zero-order chi connectivity index (χ0) is 25.1. The number of hydrogen-bond acceptors (Lipinski definition) is 6. The predicted octanol–water partition coefficient (Wildman–Crippen LogP) is 2.24. The van der Waals surface area contributed by atoms with E-state index < -0.39 is 39.7 Å². The molecule has 0 fully saturated rings. The summed E-state index contributed by atoms with van der Waals surface area (Å²) in [6.07, 6.45) is 2.44. The summed E-state index contributed by atoms with van der Waals surface area (Å²) >= 11 is 0. The van der Waals surface area contributed by atoms with E-state index in [9.17, 15) is 23.1 Å². The Morgan fingerprint density at radius 1 is 1.32 bits per heavy atom. The number of unbranched alkanes of at least 4 members (excludes halogenated alkanes) is 1. The van der Waals surface area contributed by atoms with Gasteiger partial charge >= 0.3 is 0 Å². The van der Waals surface area contributed by atoms with Crippen LogP contribution >= 0.6 is 0 Å². The van der Waals surface area contributed by atoms with Crippen molar-refractivity contribution in [1.29, 1.82) is 0 Å². The molecule has 1 aliphatic rings. The molecular weight excluding hydrogens is 456 g/mol. The molecule has 9 heteroatoms. The van der Waals surface area contributed by atoms with Crippen LogP contribution in [0.3, 0.4) is 0 Å². The van der Waals surface area contributed by atoms with Gasteiger partial charge in [-0.15, -0.1) is 0 Å². The lowest BCUT2D eigenvalue weighted by molar-refractivity contribution is -0.126. The highest BCUT2D eigenvalue weighted by molar-refractivity contribution is 7.91. The molecule has 0 radical (unpaired) electrons. The van der Waals surface area contributed by atoms with E-state index in [0.29, 0.717) is 38.2 Å². The first kappa shape index (κ1) is 28.1. The largest absolute Gasteiger partial charge is 0.494 e. The van der Waals surface area contributed by atoms with Crippen molar-refractivity contribution in [3.8, 4) is 5.75 Å². The maximum absolute atomic E-state index is 12.9. The first-order chi connectivity index (χ1) is 16.1. The van der Waals surface area contributed by atoms with Crippen LogP contribution in [0.2, 0.25) is 0 Å². The fourth-order valence-electron chi connectivity index (χ4n) is 3.97. The minimum atomic E-state index is -3.39. The van der Waals surface area contributed by atoms with Gasteiger partial charge in [-0.2, -0.15) is 0 Å². The maximum Gasteiger partial charge on any atom is 0.224 e. The first-order valence-electron chi connectivity index (χ1n) is 12.3. The highest BCUT2D eigenvalue weighted by Gasteiger charge is 2.29. The van der Waals surface area contributed by atoms with Crippen molar-refractivity contribution in [3.05, 3.63) is 29.8 Å². The van der Waals surface area contributed by atoms with Gasteiger partial charge in [-0.05, 0) is 49.8 Å². The molecular formula is C25H40N2O6S. The Morgan fingerprint density at radius 3 is 2.82 bits per heavy atom. The van der Waals surface area contributed by atoms with Crippen LogP contribution in [0, 0.1) is 11.8 Å². The standard InChI is InChI=1S/C25H40N2O6S/c1-4-5-11-26-24(29)18(2)14-23(28)22-16-20-9-8-10-21(15-20)33-12-6-7-13-34(31,32)17-19(3)25(30)27-22/h8-10,15,18-19,22-23,28H,4-7,11-14,16-17H2,1-3H3,(H,26,29)(H,27,30)/t18-,19-,22+,23+/m1/s1. The molecule has 4 atom stereocenters. The molecule has 0 spiro atoms. The topological polar surface area (TPSA) is 122 Å². The Hall–Kier alpha value is -2.13. The van der Waals surface area contributed by atoms with Crippen LogP contribution in [-0.4, -0.2) is 62.1 Å². The SMILES string of the molecule is CCCCNC(=O)[C@H](C)C[C@H](O)[C@@H]1Cc2cccc(c2)OCCCCS(=O)(=O)C[C@@H](C)C(=O)N1. The van der Waals surface area contributed by atoms with Gasteiger partial charge in [0.1, 0.15) is 5.75 Å². The number of aliphatic hydroxyl groups excluding tert-OH is 1. The second-order valence-corrected chi connectivity index (χ2v) is 11.6. The summed E-state index contributed by atoms with van der Waals surface area (Å²) < 4.78 is 30.7. The number of sulfone groups is 1. The zero-order valence-corrected chi connectivity index (χ0v) is 21.4. The van der Waals surface area contributed by atoms with Gasteiger partial charge in [-0.25, -0.2) is 8.42 Å². The number of rotatable bonds is 7. The Kier molecular flexibility index (Phi) is 11.3. The Balaban J connectivity index is 2.20. The molecule has 2 amide bonds. The maximum atomic E-state index is 12.9. The number of benzene rings is 1. The zero-order valence-electron chi connectivity index (χ0n) is 20.6. The minimum Gasteiger partial charge on any atom is -0.494 e. The molecule has 1 aromatic carbocycles. The van der Waals surface area contributed by atoms with Crippen molar-refractivity contribution in [1.82, 2.24) is 10.6 Å². The van der Waals surface area contributed by atoms with Gasteiger partial charge in [-0.1, -0.05) is 39.3 Å². The van der Waals surface area contributed by atoms with Gasteiger partial charge < -0.3 is 20.5 Å². The van der Waals surface area contributed by atoms with Crippen LogP contribution in [0.1, 0.15) is 58.4 Å². The van der Waals surface area contributed by atoms with Crippen LogP contribution in [0.4, 0.5) is 0 Å². The fraction of sp³-hybridized carbons (Fsp3) is 0.680. The van der Waals surface area contributed by atoms with E-state index in [4.69, 9.17) is 4.74 Å².